The van der Waals surface area contributed by atoms with Crippen LogP contribution in [0.2, 0.25) is 0 Å². The van der Waals surface area contributed by atoms with Crippen molar-refractivity contribution >= 4 is 44.2 Å². The van der Waals surface area contributed by atoms with Crippen molar-refractivity contribution < 1.29 is 22.8 Å². The summed E-state index contributed by atoms with van der Waals surface area (Å²) in [6, 6.07) is 19.3. The van der Waals surface area contributed by atoms with E-state index in [2.05, 4.69) is 10.0 Å². The lowest BCUT2D eigenvalue weighted by Gasteiger charge is -2.24. The first-order chi connectivity index (χ1) is 17.6. The highest BCUT2D eigenvalue weighted by atomic mass is 32.2. The van der Waals surface area contributed by atoms with Crippen molar-refractivity contribution in [2.24, 2.45) is 5.92 Å². The minimum absolute atomic E-state index is 0.0344. The van der Waals surface area contributed by atoms with Gasteiger partial charge in [-0.2, -0.15) is 0 Å². The van der Waals surface area contributed by atoms with Gasteiger partial charge in [0.1, 0.15) is 5.92 Å². The molecule has 0 heterocycles. The molecule has 3 aromatic carbocycles. The molecule has 3 rings (SSSR count). The Hall–Kier alpha value is -3.72. The van der Waals surface area contributed by atoms with Crippen LogP contribution >= 0.6 is 0 Å². The van der Waals surface area contributed by atoms with Gasteiger partial charge in [-0.15, -0.1) is 0 Å². The summed E-state index contributed by atoms with van der Waals surface area (Å²) in [7, 11) is -4.17. The molecule has 0 saturated carbocycles. The summed E-state index contributed by atoms with van der Waals surface area (Å²) in [5.74, 6) is -2.51. The van der Waals surface area contributed by atoms with Gasteiger partial charge in [-0.25, -0.2) is 13.1 Å². The Labute approximate surface area is 218 Å². The molecule has 9 heteroatoms. The van der Waals surface area contributed by atoms with Crippen LogP contribution in [0, 0.1) is 5.92 Å². The number of carbonyl (C=O) groups excluding carboxylic acids is 3. The Morgan fingerprint density at radius 1 is 0.892 bits per heavy atom. The molecule has 196 valence electrons. The smallest absolute Gasteiger partial charge is 0.264 e. The highest BCUT2D eigenvalue weighted by molar-refractivity contribution is 7.90. The number of carbonyl (C=O) groups is 3. The summed E-state index contributed by atoms with van der Waals surface area (Å²) in [6.45, 7) is 5.91. The van der Waals surface area contributed by atoms with E-state index in [9.17, 15) is 22.8 Å². The quantitative estimate of drug-likeness (QED) is 0.367. The molecule has 0 aliphatic heterocycles. The van der Waals surface area contributed by atoms with E-state index in [1.165, 1.54) is 24.0 Å². The summed E-state index contributed by atoms with van der Waals surface area (Å²) in [5.41, 5.74) is 1.66. The molecule has 0 bridgehead atoms. The SMILES string of the molecule is CCN(CC)C(=O)C(CCCc1ccc(NC(C)=O)cc1)C(=O)NS(=O)(=O)c1ccc2ccccc2c1. The minimum Gasteiger partial charge on any atom is -0.343 e. The third-order valence-corrected chi connectivity index (χ3v) is 7.53. The van der Waals surface area contributed by atoms with Crippen molar-refractivity contribution in [1.82, 2.24) is 9.62 Å². The highest BCUT2D eigenvalue weighted by Crippen LogP contribution is 2.21. The Morgan fingerprint density at radius 2 is 1.54 bits per heavy atom. The first kappa shape index (κ1) is 27.9. The maximum Gasteiger partial charge on any atom is 0.264 e. The molecular formula is C28H33N3O5S. The standard InChI is InChI=1S/C28H33N3O5S/c1-4-31(5-2)28(34)26(12-8-9-21-13-16-24(17-14-21)29-20(3)32)27(33)30-37(35,36)25-18-15-22-10-6-7-11-23(22)19-25/h6-7,10-11,13-19,26H,4-5,8-9,12H2,1-3H3,(H,29,32)(H,30,33). The number of rotatable bonds is 11. The van der Waals surface area contributed by atoms with Gasteiger partial charge in [0.25, 0.3) is 10.0 Å². The fraction of sp³-hybridized carbons (Fsp3) is 0.321. The van der Waals surface area contributed by atoms with Crippen LogP contribution < -0.4 is 10.0 Å². The second-order valence-electron chi connectivity index (χ2n) is 8.81. The fourth-order valence-electron chi connectivity index (χ4n) is 4.19. The Kier molecular flexibility index (Phi) is 9.41. The predicted molar refractivity (Wildman–Crippen MR) is 144 cm³/mol. The first-order valence-electron chi connectivity index (χ1n) is 12.4. The molecule has 1 unspecified atom stereocenters. The summed E-state index contributed by atoms with van der Waals surface area (Å²) in [4.78, 5) is 39.0. The predicted octanol–water partition coefficient (Wildman–Crippen LogP) is 4.11. The Bertz CT molecular complexity index is 1370. The molecule has 0 aromatic heterocycles. The third kappa shape index (κ3) is 7.39. The maximum absolute atomic E-state index is 13.2. The number of anilines is 1. The van der Waals surface area contributed by atoms with Crippen molar-refractivity contribution in [3.8, 4) is 0 Å². The number of aryl methyl sites for hydroxylation is 1. The van der Waals surface area contributed by atoms with Gasteiger partial charge in [0.2, 0.25) is 17.7 Å². The zero-order valence-electron chi connectivity index (χ0n) is 21.4. The monoisotopic (exact) mass is 523 g/mol. The molecule has 0 fully saturated rings. The fourth-order valence-corrected chi connectivity index (χ4v) is 5.24. The van der Waals surface area contributed by atoms with E-state index in [4.69, 9.17) is 0 Å². The van der Waals surface area contributed by atoms with Crippen LogP contribution in [0.5, 0.6) is 0 Å². The zero-order chi connectivity index (χ0) is 27.0. The molecule has 3 amide bonds. The normalized spacial score (nSPS) is 12.1. The summed E-state index contributed by atoms with van der Waals surface area (Å²) >= 11 is 0. The van der Waals surface area contributed by atoms with E-state index >= 15 is 0 Å². The zero-order valence-corrected chi connectivity index (χ0v) is 22.2. The molecule has 0 aliphatic rings. The van der Waals surface area contributed by atoms with Crippen molar-refractivity contribution in [2.45, 2.75) is 44.9 Å². The molecular weight excluding hydrogens is 490 g/mol. The van der Waals surface area contributed by atoms with Gasteiger partial charge in [-0.3, -0.25) is 14.4 Å². The van der Waals surface area contributed by atoms with Crippen LogP contribution in [0.1, 0.15) is 39.2 Å². The second kappa shape index (κ2) is 12.5. The average Bonchev–Trinajstić information content (AvgIpc) is 2.87. The van der Waals surface area contributed by atoms with Gasteiger partial charge >= 0.3 is 0 Å². The maximum atomic E-state index is 13.2. The van der Waals surface area contributed by atoms with Gasteiger partial charge in [0, 0.05) is 25.7 Å². The topological polar surface area (TPSA) is 113 Å². The molecule has 0 saturated heterocycles. The lowest BCUT2D eigenvalue weighted by atomic mass is 9.97. The van der Waals surface area contributed by atoms with E-state index in [1.807, 2.05) is 44.2 Å². The summed E-state index contributed by atoms with van der Waals surface area (Å²) < 4.78 is 28.2. The number of benzene rings is 3. The molecule has 1 atom stereocenters. The number of nitrogens with one attached hydrogen (secondary N) is 2. The molecule has 0 spiro atoms. The number of sulfonamides is 1. The van der Waals surface area contributed by atoms with E-state index in [-0.39, 0.29) is 17.2 Å². The molecule has 0 aliphatic carbocycles. The van der Waals surface area contributed by atoms with Crippen molar-refractivity contribution in [3.63, 3.8) is 0 Å². The highest BCUT2D eigenvalue weighted by Gasteiger charge is 2.32. The van der Waals surface area contributed by atoms with Gasteiger partial charge < -0.3 is 10.2 Å². The van der Waals surface area contributed by atoms with Gasteiger partial charge in [-0.05, 0) is 73.7 Å². The largest absolute Gasteiger partial charge is 0.343 e. The van der Waals surface area contributed by atoms with Gasteiger partial charge in [0.15, 0.2) is 0 Å². The average molecular weight is 524 g/mol. The molecule has 8 nitrogen and oxygen atoms in total. The molecule has 37 heavy (non-hydrogen) atoms. The van der Waals surface area contributed by atoms with Crippen LogP contribution in [0.3, 0.4) is 0 Å². The van der Waals surface area contributed by atoms with Crippen molar-refractivity contribution in [1.29, 1.82) is 0 Å². The number of amides is 3. The second-order valence-corrected chi connectivity index (χ2v) is 10.5. The summed E-state index contributed by atoms with van der Waals surface area (Å²) in [5, 5.41) is 4.32. The van der Waals surface area contributed by atoms with Crippen LogP contribution in [0.25, 0.3) is 10.8 Å². The van der Waals surface area contributed by atoms with Crippen LogP contribution in [-0.2, 0) is 30.8 Å². The Morgan fingerprint density at radius 3 is 2.16 bits per heavy atom. The number of fused-ring (bicyclic) bond motifs is 1. The summed E-state index contributed by atoms with van der Waals surface area (Å²) in [6.07, 6.45) is 1.29. The number of hydrogen-bond donors (Lipinski definition) is 2. The van der Waals surface area contributed by atoms with Crippen LogP contribution in [0.15, 0.2) is 71.6 Å². The molecule has 2 N–H and O–H groups in total. The van der Waals surface area contributed by atoms with E-state index in [0.29, 0.717) is 31.6 Å². The lowest BCUT2D eigenvalue weighted by Crippen LogP contribution is -2.45. The molecule has 3 aromatic rings. The molecule has 0 radical (unpaired) electrons. The van der Waals surface area contributed by atoms with E-state index in [1.54, 1.807) is 24.3 Å². The third-order valence-electron chi connectivity index (χ3n) is 6.19. The van der Waals surface area contributed by atoms with E-state index in [0.717, 1.165) is 16.3 Å². The van der Waals surface area contributed by atoms with Crippen molar-refractivity contribution in [2.75, 3.05) is 18.4 Å². The number of hydrogen-bond acceptors (Lipinski definition) is 5. The lowest BCUT2D eigenvalue weighted by molar-refractivity contribution is -0.141. The van der Waals surface area contributed by atoms with Crippen LogP contribution in [0.4, 0.5) is 5.69 Å². The van der Waals surface area contributed by atoms with E-state index < -0.39 is 27.8 Å². The van der Waals surface area contributed by atoms with Crippen molar-refractivity contribution in [3.05, 3.63) is 72.3 Å². The Balaban J connectivity index is 1.74. The van der Waals surface area contributed by atoms with Gasteiger partial charge in [0.05, 0.1) is 4.90 Å². The first-order valence-corrected chi connectivity index (χ1v) is 13.8. The number of nitrogens with zero attached hydrogens (tertiary/aromatic N) is 1. The van der Waals surface area contributed by atoms with Crippen LogP contribution in [-0.4, -0.2) is 44.1 Å². The van der Waals surface area contributed by atoms with Gasteiger partial charge in [-0.1, -0.05) is 42.5 Å². The minimum atomic E-state index is -4.17.